The van der Waals surface area contributed by atoms with Crippen molar-refractivity contribution in [3.63, 3.8) is 0 Å². The van der Waals surface area contributed by atoms with Crippen LogP contribution in [-0.2, 0) is 4.74 Å². The van der Waals surface area contributed by atoms with Crippen molar-refractivity contribution in [1.29, 1.82) is 0 Å². The van der Waals surface area contributed by atoms with Crippen molar-refractivity contribution < 1.29 is 4.74 Å². The molecule has 0 aromatic rings. The van der Waals surface area contributed by atoms with E-state index in [4.69, 9.17) is 4.74 Å². The maximum Gasteiger partial charge on any atom is 0.0474 e. The van der Waals surface area contributed by atoms with Gasteiger partial charge in [-0.3, -0.25) is 0 Å². The van der Waals surface area contributed by atoms with Crippen LogP contribution in [0.3, 0.4) is 0 Å². The highest BCUT2D eigenvalue weighted by atomic mass is 16.5. The first-order valence-corrected chi connectivity index (χ1v) is 6.71. The Morgan fingerprint density at radius 1 is 1.44 bits per heavy atom. The summed E-state index contributed by atoms with van der Waals surface area (Å²) in [4.78, 5) is 2.62. The number of hydrogen-bond donors (Lipinski definition) is 1. The average molecular weight is 226 g/mol. The Morgan fingerprint density at radius 2 is 2.25 bits per heavy atom. The van der Waals surface area contributed by atoms with Crippen molar-refractivity contribution in [2.45, 2.75) is 38.1 Å². The minimum absolute atomic E-state index is 0.379. The van der Waals surface area contributed by atoms with Gasteiger partial charge in [0, 0.05) is 32.3 Å². The summed E-state index contributed by atoms with van der Waals surface area (Å²) in [5, 5.41) is 3.77. The van der Waals surface area contributed by atoms with Gasteiger partial charge in [0.25, 0.3) is 0 Å². The minimum Gasteiger partial charge on any atom is -0.385 e. The van der Waals surface area contributed by atoms with Crippen LogP contribution in [0.15, 0.2) is 0 Å². The van der Waals surface area contributed by atoms with Gasteiger partial charge in [-0.2, -0.15) is 0 Å². The fraction of sp³-hybridized carbons (Fsp3) is 1.00. The van der Waals surface area contributed by atoms with Gasteiger partial charge in [0.15, 0.2) is 0 Å². The third-order valence-corrected chi connectivity index (χ3v) is 4.03. The Morgan fingerprint density at radius 3 is 2.94 bits per heavy atom. The molecule has 1 saturated heterocycles. The van der Waals surface area contributed by atoms with E-state index in [1.165, 1.54) is 45.4 Å². The largest absolute Gasteiger partial charge is 0.385 e. The van der Waals surface area contributed by atoms with Crippen LogP contribution in [0, 0.1) is 5.92 Å². The lowest BCUT2D eigenvalue weighted by molar-refractivity contribution is 0.156. The van der Waals surface area contributed by atoms with Gasteiger partial charge in [-0.1, -0.05) is 0 Å². The van der Waals surface area contributed by atoms with Crippen LogP contribution in [-0.4, -0.2) is 50.3 Å². The molecule has 94 valence electrons. The van der Waals surface area contributed by atoms with E-state index in [-0.39, 0.29) is 0 Å². The van der Waals surface area contributed by atoms with Crippen LogP contribution in [0.4, 0.5) is 0 Å². The molecule has 1 saturated carbocycles. The van der Waals surface area contributed by atoms with Gasteiger partial charge in [0.1, 0.15) is 0 Å². The number of methoxy groups -OCH3 is 1. The van der Waals surface area contributed by atoms with E-state index >= 15 is 0 Å². The molecule has 0 aromatic carbocycles. The predicted octanol–water partition coefficient (Wildman–Crippen LogP) is 1.49. The maximum atomic E-state index is 5.13. The molecule has 2 aliphatic rings. The second-order valence-electron chi connectivity index (χ2n) is 5.59. The molecule has 0 bridgehead atoms. The van der Waals surface area contributed by atoms with Crippen LogP contribution in [0.5, 0.6) is 0 Å². The van der Waals surface area contributed by atoms with Gasteiger partial charge < -0.3 is 15.0 Å². The molecule has 0 radical (unpaired) electrons. The summed E-state index contributed by atoms with van der Waals surface area (Å²) in [5.74, 6) is 0.926. The van der Waals surface area contributed by atoms with Crippen molar-refractivity contribution >= 4 is 0 Å². The highest BCUT2D eigenvalue weighted by Crippen LogP contribution is 2.40. The Labute approximate surface area is 99.5 Å². The molecule has 3 nitrogen and oxygen atoms in total. The minimum atomic E-state index is 0.379. The molecule has 1 atom stereocenters. The molecular weight excluding hydrogens is 200 g/mol. The molecule has 2 rings (SSSR count). The molecule has 16 heavy (non-hydrogen) atoms. The number of nitrogens with zero attached hydrogens (tertiary/aromatic N) is 1. The molecule has 1 heterocycles. The first-order valence-electron chi connectivity index (χ1n) is 6.71. The Bertz CT molecular complexity index is 218. The second kappa shape index (κ2) is 5.48. The van der Waals surface area contributed by atoms with Crippen LogP contribution in [0.1, 0.15) is 32.6 Å². The van der Waals surface area contributed by atoms with E-state index < -0.39 is 0 Å². The third-order valence-electron chi connectivity index (χ3n) is 4.03. The zero-order chi connectivity index (χ0) is 11.4. The number of hydrogen-bond acceptors (Lipinski definition) is 3. The smallest absolute Gasteiger partial charge is 0.0474 e. The fourth-order valence-electron chi connectivity index (χ4n) is 2.89. The number of nitrogens with one attached hydrogen (secondary N) is 1. The molecule has 1 unspecified atom stereocenters. The number of rotatable bonds is 5. The quantitative estimate of drug-likeness (QED) is 0.719. The van der Waals surface area contributed by atoms with Crippen molar-refractivity contribution in [3.05, 3.63) is 0 Å². The van der Waals surface area contributed by atoms with Crippen LogP contribution < -0.4 is 5.32 Å². The standard InChI is InChI=1S/C13H26N2O/c1-13(12-5-6-12)11-15(8-3-7-14-13)9-4-10-16-2/h12,14H,3-11H2,1-2H3. The molecule has 3 heteroatoms. The molecular formula is C13H26N2O. The summed E-state index contributed by atoms with van der Waals surface area (Å²) in [5.41, 5.74) is 0.379. The molecule has 0 spiro atoms. The first kappa shape index (κ1) is 12.3. The molecule has 2 fully saturated rings. The van der Waals surface area contributed by atoms with E-state index in [9.17, 15) is 0 Å². The molecule has 1 N–H and O–H groups in total. The van der Waals surface area contributed by atoms with E-state index in [0.717, 1.165) is 18.9 Å². The van der Waals surface area contributed by atoms with Crippen LogP contribution in [0.2, 0.25) is 0 Å². The van der Waals surface area contributed by atoms with Gasteiger partial charge in [0.05, 0.1) is 0 Å². The van der Waals surface area contributed by atoms with Gasteiger partial charge in [0.2, 0.25) is 0 Å². The monoisotopic (exact) mass is 226 g/mol. The SMILES string of the molecule is COCCCN1CCCNC(C)(C2CC2)C1. The molecule has 1 aliphatic carbocycles. The summed E-state index contributed by atoms with van der Waals surface area (Å²) in [6, 6.07) is 0. The highest BCUT2D eigenvalue weighted by Gasteiger charge is 2.42. The third kappa shape index (κ3) is 3.19. The average Bonchev–Trinajstić information content (AvgIpc) is 3.06. The summed E-state index contributed by atoms with van der Waals surface area (Å²) < 4.78 is 5.13. The summed E-state index contributed by atoms with van der Waals surface area (Å²) in [7, 11) is 1.79. The van der Waals surface area contributed by atoms with Gasteiger partial charge in [-0.05, 0) is 51.6 Å². The second-order valence-corrected chi connectivity index (χ2v) is 5.59. The van der Waals surface area contributed by atoms with Crippen LogP contribution in [0.25, 0.3) is 0 Å². The molecule has 0 amide bonds. The van der Waals surface area contributed by atoms with Crippen molar-refractivity contribution in [2.75, 3.05) is 39.9 Å². The Balaban J connectivity index is 1.82. The Kier molecular flexibility index (Phi) is 4.22. The lowest BCUT2D eigenvalue weighted by Crippen LogP contribution is -2.51. The summed E-state index contributed by atoms with van der Waals surface area (Å²) >= 11 is 0. The molecule has 1 aliphatic heterocycles. The zero-order valence-electron chi connectivity index (χ0n) is 10.8. The lowest BCUT2D eigenvalue weighted by Gasteiger charge is -2.34. The van der Waals surface area contributed by atoms with Crippen molar-refractivity contribution in [2.24, 2.45) is 5.92 Å². The van der Waals surface area contributed by atoms with Gasteiger partial charge >= 0.3 is 0 Å². The highest BCUT2D eigenvalue weighted by molar-refractivity contribution is 5.00. The zero-order valence-corrected chi connectivity index (χ0v) is 10.8. The summed E-state index contributed by atoms with van der Waals surface area (Å²) in [6.07, 6.45) is 5.30. The van der Waals surface area contributed by atoms with Crippen molar-refractivity contribution in [1.82, 2.24) is 10.2 Å². The van der Waals surface area contributed by atoms with Gasteiger partial charge in [-0.15, -0.1) is 0 Å². The predicted molar refractivity (Wildman–Crippen MR) is 66.7 cm³/mol. The number of ether oxygens (including phenoxy) is 1. The fourth-order valence-corrected chi connectivity index (χ4v) is 2.89. The maximum absolute atomic E-state index is 5.13. The summed E-state index contributed by atoms with van der Waals surface area (Å²) in [6.45, 7) is 8.16. The van der Waals surface area contributed by atoms with Crippen LogP contribution >= 0.6 is 0 Å². The van der Waals surface area contributed by atoms with Gasteiger partial charge in [-0.25, -0.2) is 0 Å². The Hall–Kier alpha value is -0.120. The van der Waals surface area contributed by atoms with Crippen molar-refractivity contribution in [3.8, 4) is 0 Å². The topological polar surface area (TPSA) is 24.5 Å². The lowest BCUT2D eigenvalue weighted by atomic mass is 9.95. The van der Waals surface area contributed by atoms with E-state index in [1.54, 1.807) is 7.11 Å². The normalized spacial score (nSPS) is 32.6. The van der Waals surface area contributed by atoms with E-state index in [2.05, 4.69) is 17.1 Å². The first-order chi connectivity index (χ1) is 7.74. The van der Waals surface area contributed by atoms with E-state index in [1.807, 2.05) is 0 Å². The molecule has 0 aromatic heterocycles. The van der Waals surface area contributed by atoms with E-state index in [0.29, 0.717) is 5.54 Å².